The van der Waals surface area contributed by atoms with Gasteiger partial charge in [-0.2, -0.15) is 0 Å². The molecule has 0 saturated heterocycles. The molecule has 1 N–H and O–H groups in total. The van der Waals surface area contributed by atoms with Crippen molar-refractivity contribution < 1.29 is 24.2 Å². The van der Waals surface area contributed by atoms with E-state index in [0.717, 1.165) is 0 Å². The first-order chi connectivity index (χ1) is 7.97. The summed E-state index contributed by atoms with van der Waals surface area (Å²) in [6, 6.07) is 0. The average Bonchev–Trinajstić information content (AvgIpc) is 3.07. The minimum Gasteiger partial charge on any atom is -0.481 e. The quantitative estimate of drug-likeness (QED) is 0.670. The summed E-state index contributed by atoms with van der Waals surface area (Å²) >= 11 is 0. The highest BCUT2D eigenvalue weighted by Crippen LogP contribution is 2.39. The van der Waals surface area contributed by atoms with Gasteiger partial charge in [-0.3, -0.25) is 14.4 Å². The zero-order valence-electron chi connectivity index (χ0n) is 10.0. The fraction of sp³-hybridized carbons (Fsp3) is 0.727. The Balaban J connectivity index is 2.24. The maximum atomic E-state index is 11.7. The van der Waals surface area contributed by atoms with Gasteiger partial charge in [0.15, 0.2) is 0 Å². The molecular formula is C11H17NO5. The summed E-state index contributed by atoms with van der Waals surface area (Å²) < 4.78 is 4.48. The standard InChI is InChI=1S/C11H17NO5/c1-12(5-3-4-9(13)17-2)10(14)7-6-8(7)11(15)16/h7-8H,3-6H2,1-2H3,(H,15,16). The van der Waals surface area contributed by atoms with Gasteiger partial charge in [-0.1, -0.05) is 0 Å². The minimum absolute atomic E-state index is 0.151. The molecule has 0 spiro atoms. The molecule has 0 aromatic heterocycles. The summed E-state index contributed by atoms with van der Waals surface area (Å²) in [5.41, 5.74) is 0. The molecule has 6 heteroatoms. The molecule has 17 heavy (non-hydrogen) atoms. The van der Waals surface area contributed by atoms with Gasteiger partial charge in [0, 0.05) is 20.0 Å². The van der Waals surface area contributed by atoms with Crippen molar-refractivity contribution in [2.75, 3.05) is 20.7 Å². The van der Waals surface area contributed by atoms with Crippen molar-refractivity contribution >= 4 is 17.8 Å². The third-order valence-electron chi connectivity index (χ3n) is 2.90. The number of hydrogen-bond acceptors (Lipinski definition) is 4. The van der Waals surface area contributed by atoms with Crippen LogP contribution in [0.2, 0.25) is 0 Å². The molecule has 0 bridgehead atoms. The number of carboxylic acid groups (broad SMARTS) is 1. The Labute approximate surface area is 99.5 Å². The van der Waals surface area contributed by atoms with E-state index in [4.69, 9.17) is 5.11 Å². The van der Waals surface area contributed by atoms with E-state index >= 15 is 0 Å². The number of hydrogen-bond donors (Lipinski definition) is 1. The number of amides is 1. The molecule has 96 valence electrons. The van der Waals surface area contributed by atoms with Crippen molar-refractivity contribution in [3.8, 4) is 0 Å². The number of methoxy groups -OCH3 is 1. The summed E-state index contributed by atoms with van der Waals surface area (Å²) in [6.45, 7) is 0.441. The van der Waals surface area contributed by atoms with Crippen LogP contribution in [-0.2, 0) is 19.1 Å². The van der Waals surface area contributed by atoms with Gasteiger partial charge in [-0.15, -0.1) is 0 Å². The molecule has 0 aromatic rings. The lowest BCUT2D eigenvalue weighted by Crippen LogP contribution is -2.30. The summed E-state index contributed by atoms with van der Waals surface area (Å²) in [6.07, 6.45) is 1.22. The van der Waals surface area contributed by atoms with E-state index in [1.54, 1.807) is 7.05 Å². The fourth-order valence-electron chi connectivity index (χ4n) is 1.70. The summed E-state index contributed by atoms with van der Waals surface area (Å²) in [7, 11) is 2.94. The summed E-state index contributed by atoms with van der Waals surface area (Å²) in [4.78, 5) is 34.7. The first kappa shape index (κ1) is 13.5. The Morgan fingerprint density at radius 3 is 2.47 bits per heavy atom. The van der Waals surface area contributed by atoms with Crippen molar-refractivity contribution in [1.82, 2.24) is 4.90 Å². The molecule has 2 atom stereocenters. The van der Waals surface area contributed by atoms with Crippen molar-refractivity contribution in [1.29, 1.82) is 0 Å². The van der Waals surface area contributed by atoms with Gasteiger partial charge in [0.25, 0.3) is 0 Å². The van der Waals surface area contributed by atoms with Crippen molar-refractivity contribution in [2.24, 2.45) is 11.8 Å². The second-order valence-electron chi connectivity index (χ2n) is 4.23. The van der Waals surface area contributed by atoms with Gasteiger partial charge >= 0.3 is 11.9 Å². The molecule has 1 aliphatic rings. The molecule has 1 fully saturated rings. The van der Waals surface area contributed by atoms with Crippen LogP contribution in [0.4, 0.5) is 0 Å². The number of carbonyl (C=O) groups excluding carboxylic acids is 2. The number of aliphatic carboxylic acids is 1. The number of nitrogens with zero attached hydrogens (tertiary/aromatic N) is 1. The second-order valence-corrected chi connectivity index (χ2v) is 4.23. The highest BCUT2D eigenvalue weighted by atomic mass is 16.5. The van der Waals surface area contributed by atoms with Crippen LogP contribution in [0.3, 0.4) is 0 Å². The van der Waals surface area contributed by atoms with Gasteiger partial charge in [-0.05, 0) is 12.8 Å². The Hall–Kier alpha value is -1.59. The molecule has 0 aliphatic heterocycles. The molecule has 0 heterocycles. The zero-order chi connectivity index (χ0) is 13.0. The third-order valence-corrected chi connectivity index (χ3v) is 2.90. The molecule has 0 radical (unpaired) electrons. The van der Waals surface area contributed by atoms with Crippen molar-refractivity contribution in [2.45, 2.75) is 19.3 Å². The number of carbonyl (C=O) groups is 3. The Morgan fingerprint density at radius 2 is 2.00 bits per heavy atom. The fourth-order valence-corrected chi connectivity index (χ4v) is 1.70. The van der Waals surface area contributed by atoms with Crippen LogP contribution in [0.15, 0.2) is 0 Å². The lowest BCUT2D eigenvalue weighted by Gasteiger charge is -2.16. The maximum absolute atomic E-state index is 11.7. The first-order valence-corrected chi connectivity index (χ1v) is 5.52. The van der Waals surface area contributed by atoms with Gasteiger partial charge < -0.3 is 14.7 Å². The smallest absolute Gasteiger partial charge is 0.307 e. The molecule has 2 unspecified atom stereocenters. The predicted octanol–water partition coefficient (Wildman–Crippen LogP) is 0.119. The lowest BCUT2D eigenvalue weighted by atomic mass is 10.2. The van der Waals surface area contributed by atoms with Gasteiger partial charge in [0.1, 0.15) is 0 Å². The van der Waals surface area contributed by atoms with Crippen LogP contribution in [0, 0.1) is 11.8 Å². The zero-order valence-corrected chi connectivity index (χ0v) is 10.0. The Morgan fingerprint density at radius 1 is 1.35 bits per heavy atom. The molecule has 1 saturated carbocycles. The van der Waals surface area contributed by atoms with E-state index in [1.165, 1.54) is 12.0 Å². The number of esters is 1. The monoisotopic (exact) mass is 243 g/mol. The van der Waals surface area contributed by atoms with Crippen LogP contribution in [0.25, 0.3) is 0 Å². The maximum Gasteiger partial charge on any atom is 0.307 e. The van der Waals surface area contributed by atoms with Crippen LogP contribution < -0.4 is 0 Å². The van der Waals surface area contributed by atoms with Crippen LogP contribution >= 0.6 is 0 Å². The average molecular weight is 243 g/mol. The second kappa shape index (κ2) is 5.65. The van der Waals surface area contributed by atoms with Crippen molar-refractivity contribution in [3.63, 3.8) is 0 Å². The van der Waals surface area contributed by atoms with E-state index in [-0.39, 0.29) is 24.2 Å². The highest BCUT2D eigenvalue weighted by molar-refractivity contribution is 5.89. The topological polar surface area (TPSA) is 83.9 Å². The van der Waals surface area contributed by atoms with Gasteiger partial charge in [-0.25, -0.2) is 0 Å². The van der Waals surface area contributed by atoms with E-state index < -0.39 is 11.9 Å². The highest BCUT2D eigenvalue weighted by Gasteiger charge is 2.49. The molecule has 1 rings (SSSR count). The summed E-state index contributed by atoms with van der Waals surface area (Å²) in [5.74, 6) is -2.27. The van der Waals surface area contributed by atoms with Crippen LogP contribution in [-0.4, -0.2) is 48.6 Å². The van der Waals surface area contributed by atoms with Crippen LogP contribution in [0.5, 0.6) is 0 Å². The molecule has 0 aromatic carbocycles. The third kappa shape index (κ3) is 3.72. The molecular weight excluding hydrogens is 226 g/mol. The van der Waals surface area contributed by atoms with Crippen molar-refractivity contribution in [3.05, 3.63) is 0 Å². The number of ether oxygens (including phenoxy) is 1. The Kier molecular flexibility index (Phi) is 4.48. The SMILES string of the molecule is COC(=O)CCCN(C)C(=O)C1CC1C(=O)O. The summed E-state index contributed by atoms with van der Waals surface area (Å²) in [5, 5.41) is 8.70. The first-order valence-electron chi connectivity index (χ1n) is 5.52. The van der Waals surface area contributed by atoms with E-state index in [9.17, 15) is 14.4 Å². The predicted molar refractivity (Wildman–Crippen MR) is 58.1 cm³/mol. The largest absolute Gasteiger partial charge is 0.481 e. The van der Waals surface area contributed by atoms with E-state index in [1.807, 2.05) is 0 Å². The van der Waals surface area contributed by atoms with Gasteiger partial charge in [0.05, 0.1) is 18.9 Å². The molecule has 1 aliphatic carbocycles. The van der Waals surface area contributed by atoms with E-state index in [0.29, 0.717) is 19.4 Å². The molecule has 6 nitrogen and oxygen atoms in total. The van der Waals surface area contributed by atoms with E-state index in [2.05, 4.69) is 4.74 Å². The Bertz CT molecular complexity index is 328. The molecule has 1 amide bonds. The van der Waals surface area contributed by atoms with Crippen LogP contribution in [0.1, 0.15) is 19.3 Å². The normalized spacial score (nSPS) is 21.8. The van der Waals surface area contributed by atoms with Gasteiger partial charge in [0.2, 0.25) is 5.91 Å². The minimum atomic E-state index is -0.911. The lowest BCUT2D eigenvalue weighted by molar-refractivity contribution is -0.142. The number of carboxylic acids is 1. The number of rotatable bonds is 6.